The highest BCUT2D eigenvalue weighted by atomic mass is 19.1. The van der Waals surface area contributed by atoms with E-state index in [-0.39, 0.29) is 5.75 Å². The zero-order valence-electron chi connectivity index (χ0n) is 9.04. The van der Waals surface area contributed by atoms with Gasteiger partial charge in [-0.3, -0.25) is 0 Å². The summed E-state index contributed by atoms with van der Waals surface area (Å²) in [6.45, 7) is 2.11. The van der Waals surface area contributed by atoms with Crippen molar-refractivity contribution >= 4 is 0 Å². The first-order chi connectivity index (χ1) is 7.15. The van der Waals surface area contributed by atoms with Gasteiger partial charge in [0.1, 0.15) is 11.9 Å². The average Bonchev–Trinajstić information content (AvgIpc) is 2.20. The molecule has 0 radical (unpaired) electrons. The minimum absolute atomic E-state index is 0.0348. The fraction of sp³-hybridized carbons (Fsp3) is 0.500. The minimum atomic E-state index is -1.13. The largest absolute Gasteiger partial charge is 0.508 e. The number of rotatable bonds is 5. The SMILES string of the molecule is CC(F)c1cc(CCCCN)ccc1O. The predicted molar refractivity (Wildman–Crippen MR) is 59.6 cm³/mol. The van der Waals surface area contributed by atoms with E-state index in [2.05, 4.69) is 0 Å². The van der Waals surface area contributed by atoms with Gasteiger partial charge in [-0.2, -0.15) is 0 Å². The smallest absolute Gasteiger partial charge is 0.126 e. The van der Waals surface area contributed by atoms with Crippen LogP contribution in [0.25, 0.3) is 0 Å². The summed E-state index contributed by atoms with van der Waals surface area (Å²) in [5.74, 6) is 0.0348. The maximum absolute atomic E-state index is 13.1. The summed E-state index contributed by atoms with van der Waals surface area (Å²) in [7, 11) is 0. The molecule has 1 unspecified atom stereocenters. The standard InChI is InChI=1S/C12H18FNO/c1-9(13)11-8-10(4-2-3-7-14)5-6-12(11)15/h5-6,8-9,15H,2-4,7,14H2,1H3. The van der Waals surface area contributed by atoms with Crippen molar-refractivity contribution in [1.29, 1.82) is 0 Å². The van der Waals surface area contributed by atoms with Crippen LogP contribution in [0.1, 0.15) is 37.1 Å². The summed E-state index contributed by atoms with van der Waals surface area (Å²) in [5.41, 5.74) is 6.83. The van der Waals surface area contributed by atoms with E-state index in [0.717, 1.165) is 24.8 Å². The van der Waals surface area contributed by atoms with Crippen LogP contribution in [0.4, 0.5) is 4.39 Å². The topological polar surface area (TPSA) is 46.2 Å². The molecule has 1 atom stereocenters. The van der Waals surface area contributed by atoms with Crippen molar-refractivity contribution in [3.63, 3.8) is 0 Å². The molecule has 0 bridgehead atoms. The van der Waals surface area contributed by atoms with Gasteiger partial charge in [0.15, 0.2) is 0 Å². The molecule has 15 heavy (non-hydrogen) atoms. The Labute approximate surface area is 89.9 Å². The summed E-state index contributed by atoms with van der Waals surface area (Å²) in [4.78, 5) is 0. The second-order valence-corrected chi connectivity index (χ2v) is 3.75. The fourth-order valence-electron chi connectivity index (χ4n) is 1.55. The van der Waals surface area contributed by atoms with Crippen LogP contribution in [0.5, 0.6) is 5.75 Å². The second kappa shape index (κ2) is 5.71. The molecule has 84 valence electrons. The quantitative estimate of drug-likeness (QED) is 0.735. The molecule has 0 amide bonds. The molecule has 1 aromatic carbocycles. The zero-order valence-corrected chi connectivity index (χ0v) is 9.04. The minimum Gasteiger partial charge on any atom is -0.508 e. The molecule has 2 nitrogen and oxygen atoms in total. The Morgan fingerprint density at radius 2 is 2.13 bits per heavy atom. The Hall–Kier alpha value is -1.09. The number of hydrogen-bond acceptors (Lipinski definition) is 2. The van der Waals surface area contributed by atoms with E-state index in [1.165, 1.54) is 6.92 Å². The van der Waals surface area contributed by atoms with Crippen molar-refractivity contribution < 1.29 is 9.50 Å². The molecule has 0 saturated carbocycles. The van der Waals surface area contributed by atoms with Crippen LogP contribution in [-0.4, -0.2) is 11.7 Å². The normalized spacial score (nSPS) is 12.7. The van der Waals surface area contributed by atoms with Crippen molar-refractivity contribution in [3.05, 3.63) is 29.3 Å². The summed E-state index contributed by atoms with van der Waals surface area (Å²) < 4.78 is 13.1. The Kier molecular flexibility index (Phi) is 4.56. The highest BCUT2D eigenvalue weighted by molar-refractivity contribution is 5.37. The van der Waals surface area contributed by atoms with E-state index in [1.54, 1.807) is 12.1 Å². The van der Waals surface area contributed by atoms with Crippen molar-refractivity contribution in [3.8, 4) is 5.75 Å². The van der Waals surface area contributed by atoms with Crippen LogP contribution >= 0.6 is 0 Å². The van der Waals surface area contributed by atoms with Crippen LogP contribution in [0.3, 0.4) is 0 Å². The van der Waals surface area contributed by atoms with Crippen LogP contribution in [0.2, 0.25) is 0 Å². The van der Waals surface area contributed by atoms with E-state index in [9.17, 15) is 9.50 Å². The molecular weight excluding hydrogens is 193 g/mol. The van der Waals surface area contributed by atoms with Gasteiger partial charge in [-0.1, -0.05) is 6.07 Å². The number of benzene rings is 1. The second-order valence-electron chi connectivity index (χ2n) is 3.75. The van der Waals surface area contributed by atoms with Crippen LogP contribution in [0, 0.1) is 0 Å². The molecule has 1 aromatic rings. The number of aryl methyl sites for hydroxylation is 1. The van der Waals surface area contributed by atoms with Gasteiger partial charge in [-0.05, 0) is 50.4 Å². The molecule has 1 rings (SSSR count). The predicted octanol–water partition coefficient (Wildman–Crippen LogP) is 2.70. The zero-order chi connectivity index (χ0) is 11.3. The molecule has 0 heterocycles. The number of aromatic hydroxyl groups is 1. The number of unbranched alkanes of at least 4 members (excludes halogenated alkanes) is 1. The van der Waals surface area contributed by atoms with Crippen molar-refractivity contribution in [1.82, 2.24) is 0 Å². The van der Waals surface area contributed by atoms with Gasteiger partial charge in [-0.15, -0.1) is 0 Å². The van der Waals surface area contributed by atoms with Gasteiger partial charge in [0.05, 0.1) is 0 Å². The molecule has 0 aliphatic rings. The maximum Gasteiger partial charge on any atom is 0.126 e. The van der Waals surface area contributed by atoms with E-state index in [4.69, 9.17) is 5.73 Å². The lowest BCUT2D eigenvalue weighted by atomic mass is 10.0. The number of nitrogens with two attached hydrogens (primary N) is 1. The third kappa shape index (κ3) is 3.51. The Bertz CT molecular complexity index is 312. The average molecular weight is 211 g/mol. The first-order valence-electron chi connectivity index (χ1n) is 5.31. The van der Waals surface area contributed by atoms with Gasteiger partial charge in [-0.25, -0.2) is 4.39 Å². The first-order valence-corrected chi connectivity index (χ1v) is 5.31. The van der Waals surface area contributed by atoms with Crippen molar-refractivity contribution in [2.45, 2.75) is 32.4 Å². The maximum atomic E-state index is 13.1. The van der Waals surface area contributed by atoms with Gasteiger partial charge in [0.2, 0.25) is 0 Å². The molecule has 0 saturated heterocycles. The van der Waals surface area contributed by atoms with Crippen molar-refractivity contribution in [2.24, 2.45) is 5.73 Å². The molecule has 3 N–H and O–H groups in total. The highest BCUT2D eigenvalue weighted by Crippen LogP contribution is 2.27. The third-order valence-corrected chi connectivity index (χ3v) is 2.44. The Morgan fingerprint density at radius 1 is 1.40 bits per heavy atom. The Balaban J connectivity index is 2.70. The number of alkyl halides is 1. The van der Waals surface area contributed by atoms with Crippen LogP contribution in [0.15, 0.2) is 18.2 Å². The summed E-state index contributed by atoms with van der Waals surface area (Å²) >= 11 is 0. The Morgan fingerprint density at radius 3 is 2.73 bits per heavy atom. The lowest BCUT2D eigenvalue weighted by Gasteiger charge is -2.08. The van der Waals surface area contributed by atoms with E-state index in [1.807, 2.05) is 6.07 Å². The first kappa shape index (κ1) is 12.0. The fourth-order valence-corrected chi connectivity index (χ4v) is 1.55. The summed E-state index contributed by atoms with van der Waals surface area (Å²) in [6.07, 6.45) is 1.74. The van der Waals surface area contributed by atoms with Gasteiger partial charge in [0.25, 0.3) is 0 Å². The highest BCUT2D eigenvalue weighted by Gasteiger charge is 2.09. The molecule has 0 aliphatic carbocycles. The molecule has 0 aliphatic heterocycles. The summed E-state index contributed by atoms with van der Waals surface area (Å²) in [5, 5.41) is 9.42. The third-order valence-electron chi connectivity index (χ3n) is 2.44. The van der Waals surface area contributed by atoms with E-state index >= 15 is 0 Å². The number of phenolic OH excluding ortho intramolecular Hbond substituents is 1. The summed E-state index contributed by atoms with van der Waals surface area (Å²) in [6, 6.07) is 5.12. The van der Waals surface area contributed by atoms with Crippen LogP contribution < -0.4 is 5.73 Å². The van der Waals surface area contributed by atoms with Gasteiger partial charge in [0, 0.05) is 5.56 Å². The number of halogens is 1. The lowest BCUT2D eigenvalue weighted by Crippen LogP contribution is -1.99. The monoisotopic (exact) mass is 211 g/mol. The van der Waals surface area contributed by atoms with Gasteiger partial charge < -0.3 is 10.8 Å². The molecule has 3 heteroatoms. The molecule has 0 aromatic heterocycles. The van der Waals surface area contributed by atoms with Gasteiger partial charge >= 0.3 is 0 Å². The van der Waals surface area contributed by atoms with E-state index < -0.39 is 6.17 Å². The molecular formula is C12H18FNO. The number of hydrogen-bond donors (Lipinski definition) is 2. The lowest BCUT2D eigenvalue weighted by molar-refractivity contribution is 0.356. The van der Waals surface area contributed by atoms with Crippen molar-refractivity contribution in [2.75, 3.05) is 6.54 Å². The number of phenols is 1. The van der Waals surface area contributed by atoms with E-state index in [0.29, 0.717) is 12.1 Å². The molecule has 0 fully saturated rings. The molecule has 0 spiro atoms. The van der Waals surface area contributed by atoms with Crippen LogP contribution in [-0.2, 0) is 6.42 Å².